The molecule has 21 heavy (non-hydrogen) atoms. The fourth-order valence-electron chi connectivity index (χ4n) is 1.48. The average Bonchev–Trinajstić information content (AvgIpc) is 2.34. The van der Waals surface area contributed by atoms with E-state index in [0.29, 0.717) is 0 Å². The summed E-state index contributed by atoms with van der Waals surface area (Å²) in [5.74, 6) is -13.0. The molecule has 122 valence electrons. The third-order valence-corrected chi connectivity index (χ3v) is 2.89. The van der Waals surface area contributed by atoms with Gasteiger partial charge in [0.1, 0.15) is 0 Å². The quantitative estimate of drug-likeness (QED) is 0.481. The molecular formula is C10H9F7O4. The van der Waals surface area contributed by atoms with Gasteiger partial charge in [0, 0.05) is 5.57 Å². The Balaban J connectivity index is 3.45. The second-order valence-electron chi connectivity index (χ2n) is 4.54. The average molecular weight is 326 g/mol. The van der Waals surface area contributed by atoms with Crippen LogP contribution in [-0.2, 0) is 14.3 Å². The molecule has 0 aliphatic carbocycles. The molecule has 2 atom stereocenters. The summed E-state index contributed by atoms with van der Waals surface area (Å²) < 4.78 is 98.5. The molecule has 1 N–H and O–H groups in total. The molecule has 1 saturated heterocycles. The van der Waals surface area contributed by atoms with E-state index in [0.717, 1.165) is 6.92 Å². The molecule has 0 aromatic rings. The van der Waals surface area contributed by atoms with Gasteiger partial charge in [0.25, 0.3) is 5.60 Å². The number of carbonyl (C=O) groups excluding carboxylic acids is 1. The van der Waals surface area contributed by atoms with Gasteiger partial charge in [-0.2, -0.15) is 30.7 Å². The summed E-state index contributed by atoms with van der Waals surface area (Å²) in [5.41, 5.74) is -5.01. The molecule has 1 rings (SSSR count). The number of halogens is 7. The number of esters is 1. The van der Waals surface area contributed by atoms with Gasteiger partial charge < -0.3 is 9.84 Å². The van der Waals surface area contributed by atoms with Crippen LogP contribution in [0.5, 0.6) is 0 Å². The summed E-state index contributed by atoms with van der Waals surface area (Å²) >= 11 is 0. The van der Waals surface area contributed by atoms with Gasteiger partial charge in [0.05, 0.1) is 0 Å². The highest BCUT2D eigenvalue weighted by molar-refractivity contribution is 5.87. The molecule has 2 unspecified atom stereocenters. The van der Waals surface area contributed by atoms with Crippen molar-refractivity contribution in [3.05, 3.63) is 12.2 Å². The number of rotatable bonds is 2. The summed E-state index contributed by atoms with van der Waals surface area (Å²) in [4.78, 5) is 11.1. The van der Waals surface area contributed by atoms with Crippen LogP contribution < -0.4 is 0 Å². The first-order chi connectivity index (χ1) is 9.03. The summed E-state index contributed by atoms with van der Waals surface area (Å²) in [5, 5.41) is 8.89. The van der Waals surface area contributed by atoms with E-state index in [2.05, 4.69) is 16.1 Å². The molecule has 0 radical (unpaired) electrons. The lowest BCUT2D eigenvalue weighted by Gasteiger charge is -2.35. The van der Waals surface area contributed by atoms with Crippen LogP contribution in [0, 0.1) is 0 Å². The molecule has 1 fully saturated rings. The fraction of sp³-hybridized carbons (Fsp3) is 0.700. The normalized spacial score (nSPS) is 34.6. The van der Waals surface area contributed by atoms with Crippen LogP contribution in [0.25, 0.3) is 0 Å². The van der Waals surface area contributed by atoms with E-state index < -0.39 is 41.1 Å². The molecule has 0 amide bonds. The zero-order valence-electron chi connectivity index (χ0n) is 10.5. The number of alkyl halides is 7. The standard InChI is InChI=1S/C10H9F7O4/c1-4(2)5(18)20-6(3)7(11,12)8(19,9(13,14)15)21-10(6,16)17/h19H,1H2,2-3H3. The fourth-order valence-corrected chi connectivity index (χ4v) is 1.48. The van der Waals surface area contributed by atoms with Crippen LogP contribution in [0.3, 0.4) is 0 Å². The monoisotopic (exact) mass is 326 g/mol. The van der Waals surface area contributed by atoms with E-state index >= 15 is 0 Å². The van der Waals surface area contributed by atoms with Gasteiger partial charge in [-0.05, 0) is 13.8 Å². The molecule has 0 saturated carbocycles. The molecule has 11 heteroatoms. The minimum atomic E-state index is -6.27. The molecule has 0 aromatic heterocycles. The topological polar surface area (TPSA) is 55.8 Å². The van der Waals surface area contributed by atoms with Crippen molar-refractivity contribution in [2.45, 2.75) is 43.4 Å². The lowest BCUT2D eigenvalue weighted by atomic mass is 9.92. The van der Waals surface area contributed by atoms with Crippen molar-refractivity contribution in [2.75, 3.05) is 0 Å². The Hall–Kier alpha value is -1.36. The van der Waals surface area contributed by atoms with Crippen LogP contribution in [0.1, 0.15) is 13.8 Å². The second-order valence-corrected chi connectivity index (χ2v) is 4.54. The number of hydrogen-bond donors (Lipinski definition) is 1. The van der Waals surface area contributed by atoms with Crippen molar-refractivity contribution < 1.29 is 50.1 Å². The van der Waals surface area contributed by atoms with E-state index in [1.54, 1.807) is 0 Å². The largest absolute Gasteiger partial charge is 0.450 e. The first-order valence-corrected chi connectivity index (χ1v) is 5.17. The predicted octanol–water partition coefficient (Wildman–Crippen LogP) is 2.37. The van der Waals surface area contributed by atoms with E-state index in [-0.39, 0.29) is 6.92 Å². The van der Waals surface area contributed by atoms with E-state index in [9.17, 15) is 35.5 Å². The Labute approximate surface area is 113 Å². The van der Waals surface area contributed by atoms with E-state index in [1.165, 1.54) is 0 Å². The van der Waals surface area contributed by atoms with Gasteiger partial charge >= 0.3 is 30.0 Å². The van der Waals surface area contributed by atoms with Gasteiger partial charge in [-0.1, -0.05) is 6.58 Å². The summed E-state index contributed by atoms with van der Waals surface area (Å²) in [6.07, 6.45) is -11.6. The van der Waals surface area contributed by atoms with Crippen LogP contribution in [0.4, 0.5) is 30.7 Å². The summed E-state index contributed by atoms with van der Waals surface area (Å²) in [6.45, 7) is 3.63. The Morgan fingerprint density at radius 2 is 1.67 bits per heavy atom. The number of aliphatic hydroxyl groups is 1. The Morgan fingerprint density at radius 3 is 1.95 bits per heavy atom. The zero-order chi connectivity index (χ0) is 17.1. The maximum absolute atomic E-state index is 13.8. The van der Waals surface area contributed by atoms with Crippen LogP contribution in [-0.4, -0.2) is 40.7 Å². The molecule has 1 aliphatic rings. The molecule has 1 heterocycles. The number of ether oxygens (including phenoxy) is 2. The SMILES string of the molecule is C=C(C)C(=O)OC1(C)C(F)(F)OC(O)(C(F)(F)F)C1(F)F. The smallest absolute Gasteiger partial charge is 0.440 e. The lowest BCUT2D eigenvalue weighted by molar-refractivity contribution is -0.433. The summed E-state index contributed by atoms with van der Waals surface area (Å²) in [7, 11) is 0. The van der Waals surface area contributed by atoms with Gasteiger partial charge in [-0.3, -0.25) is 4.74 Å². The first-order valence-electron chi connectivity index (χ1n) is 5.17. The zero-order valence-corrected chi connectivity index (χ0v) is 10.5. The van der Waals surface area contributed by atoms with E-state index in [1.807, 2.05) is 0 Å². The van der Waals surface area contributed by atoms with Gasteiger partial charge in [-0.15, -0.1) is 0 Å². The van der Waals surface area contributed by atoms with Crippen LogP contribution in [0.2, 0.25) is 0 Å². The lowest BCUT2D eigenvalue weighted by Crippen LogP contribution is -2.64. The van der Waals surface area contributed by atoms with Crippen LogP contribution in [0.15, 0.2) is 12.2 Å². The minimum Gasteiger partial charge on any atom is -0.440 e. The van der Waals surface area contributed by atoms with Crippen molar-refractivity contribution in [1.29, 1.82) is 0 Å². The minimum absolute atomic E-state index is 0.183. The second kappa shape index (κ2) is 4.32. The van der Waals surface area contributed by atoms with Crippen molar-refractivity contribution in [3.63, 3.8) is 0 Å². The third-order valence-electron chi connectivity index (χ3n) is 2.89. The Bertz CT molecular complexity index is 486. The molecule has 4 nitrogen and oxygen atoms in total. The highest BCUT2D eigenvalue weighted by Crippen LogP contribution is 2.62. The van der Waals surface area contributed by atoms with Crippen molar-refractivity contribution in [2.24, 2.45) is 0 Å². The van der Waals surface area contributed by atoms with Gasteiger partial charge in [0.15, 0.2) is 0 Å². The maximum atomic E-state index is 13.8. The maximum Gasteiger partial charge on any atom is 0.450 e. The van der Waals surface area contributed by atoms with Crippen molar-refractivity contribution in [3.8, 4) is 0 Å². The predicted molar refractivity (Wildman–Crippen MR) is 51.3 cm³/mol. The molecular weight excluding hydrogens is 317 g/mol. The van der Waals surface area contributed by atoms with Crippen LogP contribution >= 0.6 is 0 Å². The van der Waals surface area contributed by atoms with Gasteiger partial charge in [0.2, 0.25) is 0 Å². The Kier molecular flexibility index (Phi) is 3.64. The molecule has 1 aliphatic heterocycles. The highest BCUT2D eigenvalue weighted by Gasteiger charge is 2.92. The molecule has 0 spiro atoms. The molecule has 0 aromatic carbocycles. The van der Waals surface area contributed by atoms with Crippen molar-refractivity contribution in [1.82, 2.24) is 0 Å². The van der Waals surface area contributed by atoms with Crippen molar-refractivity contribution >= 4 is 5.97 Å². The number of carbonyl (C=O) groups is 1. The summed E-state index contributed by atoms with van der Waals surface area (Å²) in [6, 6.07) is 0. The highest BCUT2D eigenvalue weighted by atomic mass is 19.4. The van der Waals surface area contributed by atoms with E-state index in [4.69, 9.17) is 5.11 Å². The Morgan fingerprint density at radius 1 is 1.24 bits per heavy atom. The third kappa shape index (κ3) is 2.09. The first kappa shape index (κ1) is 17.7. The molecule has 0 bridgehead atoms. The van der Waals surface area contributed by atoms with Gasteiger partial charge in [-0.25, -0.2) is 4.79 Å². The number of hydrogen-bond acceptors (Lipinski definition) is 4.